The highest BCUT2D eigenvalue weighted by Gasteiger charge is 2.34. The average molecular weight is 341 g/mol. The Morgan fingerprint density at radius 3 is 2.21 bits per heavy atom. The molecule has 2 N–H and O–H groups in total. The molecule has 0 heterocycles. The number of carbonyl (C=O) groups is 1. The number of nitriles is 1. The molecule has 4 nitrogen and oxygen atoms in total. The molecule has 0 aliphatic heterocycles. The average Bonchev–Trinajstić information content (AvgIpc) is 2.50. The molecular formula is C15H8F5N3O. The van der Waals surface area contributed by atoms with Gasteiger partial charge in [-0.2, -0.15) is 18.4 Å². The summed E-state index contributed by atoms with van der Waals surface area (Å²) in [5.74, 6) is -3.05. The third-order valence-electron chi connectivity index (χ3n) is 2.89. The number of anilines is 1. The number of nitrogens with zero attached hydrogens (tertiary/aromatic N) is 1. The van der Waals surface area contributed by atoms with Crippen LogP contribution in [-0.2, 0) is 6.18 Å². The maximum absolute atomic E-state index is 13.0. The Morgan fingerprint density at radius 1 is 1.04 bits per heavy atom. The molecule has 0 radical (unpaired) electrons. The van der Waals surface area contributed by atoms with Crippen molar-refractivity contribution in [2.24, 2.45) is 0 Å². The van der Waals surface area contributed by atoms with Crippen LogP contribution in [0.3, 0.4) is 0 Å². The first-order chi connectivity index (χ1) is 11.2. The number of amides is 1. The van der Waals surface area contributed by atoms with Gasteiger partial charge in [-0.25, -0.2) is 8.78 Å². The molecule has 0 saturated heterocycles. The van der Waals surface area contributed by atoms with Gasteiger partial charge in [-0.05, 0) is 30.3 Å². The lowest BCUT2D eigenvalue weighted by molar-refractivity contribution is -0.137. The molecule has 0 saturated carbocycles. The monoisotopic (exact) mass is 341 g/mol. The molecule has 0 atom stereocenters. The van der Waals surface area contributed by atoms with Gasteiger partial charge < -0.3 is 0 Å². The quantitative estimate of drug-likeness (QED) is 0.662. The molecule has 2 rings (SSSR count). The topological polar surface area (TPSA) is 64.9 Å². The molecule has 0 spiro atoms. The summed E-state index contributed by atoms with van der Waals surface area (Å²) in [4.78, 5) is 11.8. The summed E-state index contributed by atoms with van der Waals surface area (Å²) in [6.07, 6.45) is -4.77. The number of hydrogen-bond donors (Lipinski definition) is 2. The van der Waals surface area contributed by atoms with Crippen LogP contribution in [0.1, 0.15) is 21.5 Å². The molecular weight excluding hydrogens is 333 g/mol. The van der Waals surface area contributed by atoms with Crippen LogP contribution < -0.4 is 10.9 Å². The van der Waals surface area contributed by atoms with Gasteiger partial charge in [-0.3, -0.25) is 15.6 Å². The highest BCUT2D eigenvalue weighted by Crippen LogP contribution is 2.35. The molecule has 2 aromatic rings. The van der Waals surface area contributed by atoms with Crippen LogP contribution in [0.4, 0.5) is 27.6 Å². The van der Waals surface area contributed by atoms with Crippen molar-refractivity contribution >= 4 is 11.6 Å². The molecule has 0 aliphatic rings. The highest BCUT2D eigenvalue weighted by atomic mass is 19.4. The Balaban J connectivity index is 2.23. The maximum Gasteiger partial charge on any atom is 0.418 e. The van der Waals surface area contributed by atoms with Crippen molar-refractivity contribution in [1.29, 1.82) is 5.26 Å². The fourth-order valence-corrected chi connectivity index (χ4v) is 1.84. The Morgan fingerprint density at radius 2 is 1.67 bits per heavy atom. The van der Waals surface area contributed by atoms with Gasteiger partial charge >= 0.3 is 6.18 Å². The van der Waals surface area contributed by atoms with Gasteiger partial charge in [0, 0.05) is 11.6 Å². The first-order valence-corrected chi connectivity index (χ1v) is 6.34. The van der Waals surface area contributed by atoms with E-state index < -0.39 is 40.5 Å². The second-order valence-electron chi connectivity index (χ2n) is 4.61. The van der Waals surface area contributed by atoms with Gasteiger partial charge in [0.05, 0.1) is 22.9 Å². The van der Waals surface area contributed by atoms with Crippen molar-refractivity contribution in [3.63, 3.8) is 0 Å². The molecule has 0 fully saturated rings. The largest absolute Gasteiger partial charge is 0.418 e. The van der Waals surface area contributed by atoms with E-state index in [1.54, 1.807) is 6.07 Å². The molecule has 24 heavy (non-hydrogen) atoms. The molecule has 1 amide bonds. The van der Waals surface area contributed by atoms with Crippen LogP contribution in [0.25, 0.3) is 0 Å². The molecule has 124 valence electrons. The van der Waals surface area contributed by atoms with Crippen molar-refractivity contribution < 1.29 is 26.7 Å². The number of nitrogens with one attached hydrogen (secondary N) is 2. The number of alkyl halides is 3. The minimum absolute atomic E-state index is 0.216. The van der Waals surface area contributed by atoms with E-state index in [4.69, 9.17) is 5.26 Å². The van der Waals surface area contributed by atoms with Crippen LogP contribution in [0.5, 0.6) is 0 Å². The normalized spacial score (nSPS) is 10.8. The van der Waals surface area contributed by atoms with Crippen molar-refractivity contribution in [3.05, 3.63) is 64.7 Å². The lowest BCUT2D eigenvalue weighted by Crippen LogP contribution is -2.30. The molecule has 0 aliphatic carbocycles. The molecule has 0 bridgehead atoms. The number of hydrogen-bond acceptors (Lipinski definition) is 3. The van der Waals surface area contributed by atoms with Crippen LogP contribution in [0, 0.1) is 23.0 Å². The van der Waals surface area contributed by atoms with Crippen molar-refractivity contribution in [2.75, 3.05) is 5.43 Å². The second kappa shape index (κ2) is 6.54. The zero-order valence-electron chi connectivity index (χ0n) is 11.7. The van der Waals surface area contributed by atoms with E-state index in [2.05, 4.69) is 0 Å². The van der Waals surface area contributed by atoms with Crippen LogP contribution in [-0.4, -0.2) is 5.91 Å². The fraction of sp³-hybridized carbons (Fsp3) is 0.0667. The second-order valence-corrected chi connectivity index (χ2v) is 4.61. The third-order valence-corrected chi connectivity index (χ3v) is 2.89. The summed E-state index contributed by atoms with van der Waals surface area (Å²) in [5, 5.41) is 8.66. The van der Waals surface area contributed by atoms with Gasteiger partial charge in [0.25, 0.3) is 5.91 Å². The summed E-state index contributed by atoms with van der Waals surface area (Å²) < 4.78 is 64.9. The minimum Gasteiger partial charge on any atom is -0.298 e. The van der Waals surface area contributed by atoms with E-state index in [-0.39, 0.29) is 5.56 Å². The lowest BCUT2D eigenvalue weighted by atomic mass is 10.1. The predicted molar refractivity (Wildman–Crippen MR) is 73.6 cm³/mol. The number of rotatable bonds is 3. The number of benzene rings is 2. The highest BCUT2D eigenvalue weighted by molar-refractivity contribution is 5.95. The predicted octanol–water partition coefficient (Wildman–Crippen LogP) is 3.61. The SMILES string of the molecule is N#Cc1ccc(NNC(=O)c2cc(F)cc(F)c2)c(C(F)(F)F)c1. The van der Waals surface area contributed by atoms with Crippen LogP contribution in [0.15, 0.2) is 36.4 Å². The van der Waals surface area contributed by atoms with Crippen LogP contribution >= 0.6 is 0 Å². The zero-order valence-corrected chi connectivity index (χ0v) is 11.7. The Labute approximate surface area is 132 Å². The number of carbonyl (C=O) groups excluding carboxylic acids is 1. The summed E-state index contributed by atoms with van der Waals surface area (Å²) in [6.45, 7) is 0. The Kier molecular flexibility index (Phi) is 4.69. The molecule has 0 aromatic heterocycles. The van der Waals surface area contributed by atoms with E-state index in [1.807, 2.05) is 10.9 Å². The molecule has 2 aromatic carbocycles. The van der Waals surface area contributed by atoms with Crippen LogP contribution in [0.2, 0.25) is 0 Å². The van der Waals surface area contributed by atoms with Crippen molar-refractivity contribution in [3.8, 4) is 6.07 Å². The fourth-order valence-electron chi connectivity index (χ4n) is 1.84. The minimum atomic E-state index is -4.77. The molecule has 0 unspecified atom stereocenters. The number of hydrazine groups is 1. The first kappa shape index (κ1) is 17.2. The van der Waals surface area contributed by atoms with E-state index in [0.717, 1.165) is 24.3 Å². The first-order valence-electron chi connectivity index (χ1n) is 6.34. The summed E-state index contributed by atoms with van der Waals surface area (Å²) in [6, 6.07) is 6.25. The van der Waals surface area contributed by atoms with Gasteiger partial charge in [0.2, 0.25) is 0 Å². The van der Waals surface area contributed by atoms with Gasteiger partial charge in [0.1, 0.15) is 11.6 Å². The van der Waals surface area contributed by atoms with Crippen molar-refractivity contribution in [2.45, 2.75) is 6.18 Å². The Bertz CT molecular complexity index is 807. The van der Waals surface area contributed by atoms with Gasteiger partial charge in [0.15, 0.2) is 0 Å². The van der Waals surface area contributed by atoms with E-state index in [0.29, 0.717) is 12.1 Å². The summed E-state index contributed by atoms with van der Waals surface area (Å²) in [7, 11) is 0. The van der Waals surface area contributed by atoms with E-state index in [9.17, 15) is 26.7 Å². The summed E-state index contributed by atoms with van der Waals surface area (Å²) in [5.41, 5.74) is 1.62. The van der Waals surface area contributed by atoms with Crippen molar-refractivity contribution in [1.82, 2.24) is 5.43 Å². The van der Waals surface area contributed by atoms with E-state index in [1.165, 1.54) is 0 Å². The van der Waals surface area contributed by atoms with Gasteiger partial charge in [-0.15, -0.1) is 0 Å². The molecule has 9 heteroatoms. The maximum atomic E-state index is 13.0. The van der Waals surface area contributed by atoms with Gasteiger partial charge in [-0.1, -0.05) is 0 Å². The zero-order chi connectivity index (χ0) is 17.9. The smallest absolute Gasteiger partial charge is 0.298 e. The number of halogens is 5. The standard InChI is InChI=1S/C15H8F5N3O/c16-10-4-9(5-11(17)6-10)14(24)23-22-13-2-1-8(7-21)3-12(13)15(18,19)20/h1-6,22H,(H,23,24). The van der Waals surface area contributed by atoms with E-state index >= 15 is 0 Å². The Hall–Kier alpha value is -3.15. The third kappa shape index (κ3) is 3.98. The summed E-state index contributed by atoms with van der Waals surface area (Å²) >= 11 is 0. The lowest BCUT2D eigenvalue weighted by Gasteiger charge is -2.15.